The Labute approximate surface area is 114 Å². The number of unbranched alkanes of at least 4 members (excludes halogenated alkanes) is 1. The topological polar surface area (TPSA) is 64.9 Å². The van der Waals surface area contributed by atoms with Gasteiger partial charge in [0.15, 0.2) is 0 Å². The molecule has 0 aromatic heterocycles. The molecule has 0 fully saturated rings. The predicted molar refractivity (Wildman–Crippen MR) is 76.1 cm³/mol. The summed E-state index contributed by atoms with van der Waals surface area (Å²) in [6, 6.07) is 9.58. The summed E-state index contributed by atoms with van der Waals surface area (Å²) in [5, 5.41) is 14.7. The first-order valence-corrected chi connectivity index (χ1v) is 6.43. The van der Waals surface area contributed by atoms with E-state index >= 15 is 0 Å². The van der Waals surface area contributed by atoms with Crippen molar-refractivity contribution in [3.8, 4) is 6.07 Å². The summed E-state index contributed by atoms with van der Waals surface area (Å²) < 4.78 is 0. The van der Waals surface area contributed by atoms with Crippen LogP contribution in [0, 0.1) is 11.3 Å². The Bertz CT molecular complexity index is 457. The van der Waals surface area contributed by atoms with Crippen molar-refractivity contribution in [2.75, 3.05) is 13.1 Å². The molecule has 0 aliphatic carbocycles. The zero-order valence-corrected chi connectivity index (χ0v) is 11.1. The van der Waals surface area contributed by atoms with Crippen LogP contribution in [0.25, 0.3) is 5.70 Å². The van der Waals surface area contributed by atoms with E-state index in [1.807, 2.05) is 12.1 Å². The number of hydrogen-bond donors (Lipinski definition) is 2. The van der Waals surface area contributed by atoms with Crippen LogP contribution in [0.15, 0.2) is 30.3 Å². The lowest BCUT2D eigenvalue weighted by Gasteiger charge is -2.11. The molecular weight excluding hydrogens is 238 g/mol. The van der Waals surface area contributed by atoms with Crippen molar-refractivity contribution in [1.82, 2.24) is 10.6 Å². The average Bonchev–Trinajstić information content (AvgIpc) is 2.47. The molecule has 0 atom stereocenters. The van der Waals surface area contributed by atoms with Gasteiger partial charge in [-0.25, -0.2) is 0 Å². The average molecular weight is 257 g/mol. The molecule has 0 aliphatic rings. The van der Waals surface area contributed by atoms with Gasteiger partial charge in [0, 0.05) is 18.8 Å². The lowest BCUT2D eigenvalue weighted by molar-refractivity contribution is -0.109. The summed E-state index contributed by atoms with van der Waals surface area (Å²) in [5.41, 5.74) is 2.75. The minimum atomic E-state index is 0.587. The summed E-state index contributed by atoms with van der Waals surface area (Å²) in [5.74, 6) is 0. The van der Waals surface area contributed by atoms with Gasteiger partial charge in [-0.2, -0.15) is 5.26 Å². The quantitative estimate of drug-likeness (QED) is 0.553. The highest BCUT2D eigenvalue weighted by atomic mass is 16.1. The van der Waals surface area contributed by atoms with Crippen LogP contribution < -0.4 is 10.6 Å². The van der Waals surface area contributed by atoms with Gasteiger partial charge in [-0.15, -0.1) is 0 Å². The second-order valence-electron chi connectivity index (χ2n) is 4.09. The summed E-state index contributed by atoms with van der Waals surface area (Å²) >= 11 is 0. The number of allylic oxidation sites excluding steroid dienone is 1. The van der Waals surface area contributed by atoms with Crippen LogP contribution in [0.3, 0.4) is 0 Å². The van der Waals surface area contributed by atoms with Gasteiger partial charge in [0.25, 0.3) is 0 Å². The zero-order chi connectivity index (χ0) is 13.9. The number of benzene rings is 1. The van der Waals surface area contributed by atoms with Crippen molar-refractivity contribution in [2.45, 2.75) is 19.8 Å². The molecule has 0 bridgehead atoms. The number of nitrogens with one attached hydrogen (secondary N) is 2. The molecule has 0 aliphatic heterocycles. The van der Waals surface area contributed by atoms with Crippen LogP contribution in [0.4, 0.5) is 0 Å². The zero-order valence-electron chi connectivity index (χ0n) is 11.1. The number of carbonyl (C=O) groups excluding carboxylic acids is 1. The Kier molecular flexibility index (Phi) is 6.81. The van der Waals surface area contributed by atoms with Crippen molar-refractivity contribution in [1.29, 1.82) is 5.26 Å². The van der Waals surface area contributed by atoms with E-state index in [9.17, 15) is 4.79 Å². The molecule has 2 N–H and O–H groups in total. The van der Waals surface area contributed by atoms with Gasteiger partial charge in [-0.1, -0.05) is 31.6 Å². The van der Waals surface area contributed by atoms with E-state index in [0.29, 0.717) is 25.1 Å². The molecule has 1 rings (SSSR count). The van der Waals surface area contributed by atoms with Gasteiger partial charge in [-0.3, -0.25) is 4.79 Å². The summed E-state index contributed by atoms with van der Waals surface area (Å²) in [6.07, 6.45) is 4.90. The third-order valence-corrected chi connectivity index (χ3v) is 2.63. The lowest BCUT2D eigenvalue weighted by Crippen LogP contribution is -2.25. The van der Waals surface area contributed by atoms with E-state index in [2.05, 4.69) is 29.7 Å². The van der Waals surface area contributed by atoms with E-state index in [4.69, 9.17) is 5.26 Å². The maximum Gasteiger partial charge on any atom is 0.207 e. The SMILES string of the molecule is CCCC=C(NCCNC=O)c1ccc(C#N)cc1. The van der Waals surface area contributed by atoms with E-state index in [1.54, 1.807) is 12.1 Å². The molecule has 0 radical (unpaired) electrons. The number of nitriles is 1. The fourth-order valence-corrected chi connectivity index (χ4v) is 1.63. The summed E-state index contributed by atoms with van der Waals surface area (Å²) in [4.78, 5) is 10.2. The van der Waals surface area contributed by atoms with Crippen LogP contribution in [0.2, 0.25) is 0 Å². The van der Waals surface area contributed by atoms with Gasteiger partial charge < -0.3 is 10.6 Å². The molecule has 4 heteroatoms. The van der Waals surface area contributed by atoms with Crippen molar-refractivity contribution in [2.24, 2.45) is 0 Å². The van der Waals surface area contributed by atoms with Crippen LogP contribution in [0.5, 0.6) is 0 Å². The number of hydrogen-bond acceptors (Lipinski definition) is 3. The Morgan fingerprint density at radius 3 is 2.63 bits per heavy atom. The largest absolute Gasteiger partial charge is 0.383 e. The highest BCUT2D eigenvalue weighted by Crippen LogP contribution is 2.13. The summed E-state index contributed by atoms with van der Waals surface area (Å²) in [6.45, 7) is 3.39. The number of rotatable bonds is 8. The third-order valence-electron chi connectivity index (χ3n) is 2.63. The third kappa shape index (κ3) is 5.26. The molecule has 1 aromatic carbocycles. The van der Waals surface area contributed by atoms with Crippen LogP contribution in [0.1, 0.15) is 30.9 Å². The van der Waals surface area contributed by atoms with E-state index in [-0.39, 0.29) is 0 Å². The molecular formula is C15H19N3O. The Hall–Kier alpha value is -2.28. The van der Waals surface area contributed by atoms with E-state index in [1.165, 1.54) is 0 Å². The molecule has 1 aromatic rings. The van der Waals surface area contributed by atoms with Crippen molar-refractivity contribution >= 4 is 12.1 Å². The van der Waals surface area contributed by atoms with Crippen LogP contribution >= 0.6 is 0 Å². The fraction of sp³-hybridized carbons (Fsp3) is 0.333. The van der Waals surface area contributed by atoms with Crippen molar-refractivity contribution < 1.29 is 4.79 Å². The summed E-state index contributed by atoms with van der Waals surface area (Å²) in [7, 11) is 0. The minimum absolute atomic E-state index is 0.587. The van der Waals surface area contributed by atoms with Crippen molar-refractivity contribution in [3.05, 3.63) is 41.5 Å². The normalized spacial score (nSPS) is 10.6. The predicted octanol–water partition coefficient (Wildman–Crippen LogP) is 2.03. The standard InChI is InChI=1S/C15H19N3O/c1-2-3-4-15(18-10-9-17-12-19)14-7-5-13(11-16)6-8-14/h4-8,12,18H,2-3,9-10H2,1H3,(H,17,19). The Morgan fingerprint density at radius 2 is 2.05 bits per heavy atom. The fourth-order valence-electron chi connectivity index (χ4n) is 1.63. The number of carbonyl (C=O) groups is 1. The molecule has 0 saturated carbocycles. The molecule has 4 nitrogen and oxygen atoms in total. The second kappa shape index (κ2) is 8.76. The number of amides is 1. The van der Waals surface area contributed by atoms with Crippen LogP contribution in [-0.2, 0) is 4.79 Å². The molecule has 0 spiro atoms. The smallest absolute Gasteiger partial charge is 0.207 e. The molecule has 19 heavy (non-hydrogen) atoms. The first kappa shape index (κ1) is 14.8. The highest BCUT2D eigenvalue weighted by molar-refractivity contribution is 5.64. The van der Waals surface area contributed by atoms with Gasteiger partial charge in [-0.05, 0) is 24.1 Å². The maximum absolute atomic E-state index is 10.2. The lowest BCUT2D eigenvalue weighted by atomic mass is 10.1. The minimum Gasteiger partial charge on any atom is -0.383 e. The maximum atomic E-state index is 10.2. The van der Waals surface area contributed by atoms with Gasteiger partial charge >= 0.3 is 0 Å². The van der Waals surface area contributed by atoms with Crippen molar-refractivity contribution in [3.63, 3.8) is 0 Å². The first-order valence-electron chi connectivity index (χ1n) is 6.43. The Morgan fingerprint density at radius 1 is 1.32 bits per heavy atom. The van der Waals surface area contributed by atoms with Gasteiger partial charge in [0.2, 0.25) is 6.41 Å². The van der Waals surface area contributed by atoms with E-state index in [0.717, 1.165) is 24.1 Å². The van der Waals surface area contributed by atoms with E-state index < -0.39 is 0 Å². The second-order valence-corrected chi connectivity index (χ2v) is 4.09. The first-order chi connectivity index (χ1) is 9.31. The molecule has 0 saturated heterocycles. The number of nitrogens with zero attached hydrogens (tertiary/aromatic N) is 1. The molecule has 100 valence electrons. The molecule has 1 amide bonds. The van der Waals surface area contributed by atoms with Gasteiger partial charge in [0.1, 0.15) is 0 Å². The van der Waals surface area contributed by atoms with Crippen LogP contribution in [-0.4, -0.2) is 19.5 Å². The molecule has 0 unspecified atom stereocenters. The monoisotopic (exact) mass is 257 g/mol. The van der Waals surface area contributed by atoms with Gasteiger partial charge in [0.05, 0.1) is 11.6 Å². The Balaban J connectivity index is 2.72. The highest BCUT2D eigenvalue weighted by Gasteiger charge is 2.01. The molecule has 0 heterocycles.